The Morgan fingerprint density at radius 3 is 2.52 bits per heavy atom. The van der Waals surface area contributed by atoms with Crippen LogP contribution in [0.2, 0.25) is 0 Å². The van der Waals surface area contributed by atoms with Gasteiger partial charge < -0.3 is 19.5 Å². The Hall–Kier alpha value is -3.20. The first kappa shape index (κ1) is 20.1. The van der Waals surface area contributed by atoms with Gasteiger partial charge in [0.25, 0.3) is 0 Å². The monoisotopic (exact) mass is 368 g/mol. The minimum atomic E-state index is -0.268. The third-order valence-corrected chi connectivity index (χ3v) is 3.90. The second-order valence-corrected chi connectivity index (χ2v) is 5.88. The second-order valence-electron chi connectivity index (χ2n) is 5.88. The van der Waals surface area contributed by atoms with E-state index >= 15 is 0 Å². The summed E-state index contributed by atoms with van der Waals surface area (Å²) in [6.45, 7) is 3.26. The summed E-state index contributed by atoms with van der Waals surface area (Å²) in [4.78, 5) is 11.3. The molecule has 0 saturated heterocycles. The summed E-state index contributed by atoms with van der Waals surface area (Å²) in [6, 6.07) is 15.3. The molecular weight excluding hydrogens is 344 g/mol. The quantitative estimate of drug-likeness (QED) is 0.652. The molecule has 6 heteroatoms. The van der Waals surface area contributed by atoms with Gasteiger partial charge in [-0.1, -0.05) is 24.3 Å². The minimum absolute atomic E-state index is 0.127. The Morgan fingerprint density at radius 2 is 1.81 bits per heavy atom. The van der Waals surface area contributed by atoms with Gasteiger partial charge >= 0.3 is 0 Å². The molecule has 0 spiro atoms. The number of hydrogen-bond donors (Lipinski definition) is 1. The number of nitriles is 1. The SMILES string of the molecule is COc1ccc(CCNC(=O)CC#N)cc1OCCOc1ccccc1C. The van der Waals surface area contributed by atoms with E-state index in [4.69, 9.17) is 19.5 Å². The third-order valence-electron chi connectivity index (χ3n) is 3.90. The normalized spacial score (nSPS) is 9.96. The fraction of sp³-hybridized carbons (Fsp3) is 0.333. The van der Waals surface area contributed by atoms with E-state index in [1.54, 1.807) is 7.11 Å². The van der Waals surface area contributed by atoms with Gasteiger partial charge in [-0.25, -0.2) is 0 Å². The first-order valence-electron chi connectivity index (χ1n) is 8.76. The lowest BCUT2D eigenvalue weighted by atomic mass is 10.1. The predicted molar refractivity (Wildman–Crippen MR) is 102 cm³/mol. The van der Waals surface area contributed by atoms with Gasteiger partial charge in [-0.05, 0) is 42.7 Å². The van der Waals surface area contributed by atoms with E-state index in [0.717, 1.165) is 16.9 Å². The van der Waals surface area contributed by atoms with E-state index in [-0.39, 0.29) is 12.3 Å². The van der Waals surface area contributed by atoms with Crippen molar-refractivity contribution in [3.8, 4) is 23.3 Å². The first-order chi connectivity index (χ1) is 13.1. The van der Waals surface area contributed by atoms with Crippen molar-refractivity contribution in [2.75, 3.05) is 26.9 Å². The van der Waals surface area contributed by atoms with Crippen molar-refractivity contribution in [2.24, 2.45) is 0 Å². The molecule has 0 saturated carbocycles. The maximum atomic E-state index is 11.3. The van der Waals surface area contributed by atoms with Crippen LogP contribution in [-0.4, -0.2) is 32.8 Å². The number of nitrogens with zero attached hydrogens (tertiary/aromatic N) is 1. The number of carbonyl (C=O) groups excluding carboxylic acids is 1. The molecule has 2 aromatic rings. The molecule has 0 heterocycles. The highest BCUT2D eigenvalue weighted by atomic mass is 16.5. The maximum Gasteiger partial charge on any atom is 0.234 e. The molecule has 0 bridgehead atoms. The standard InChI is InChI=1S/C21H24N2O4/c1-16-5-3-4-6-18(16)26-13-14-27-20-15-17(7-8-19(20)25-2)10-12-23-21(24)9-11-22/h3-8,15H,9-10,12-14H2,1-2H3,(H,23,24). The van der Waals surface area contributed by atoms with Crippen molar-refractivity contribution < 1.29 is 19.0 Å². The summed E-state index contributed by atoms with van der Waals surface area (Å²) in [5, 5.41) is 11.2. The van der Waals surface area contributed by atoms with Crippen molar-refractivity contribution in [2.45, 2.75) is 19.8 Å². The molecular formula is C21H24N2O4. The summed E-state index contributed by atoms with van der Waals surface area (Å²) in [6.07, 6.45) is 0.509. The van der Waals surface area contributed by atoms with Crippen LogP contribution in [-0.2, 0) is 11.2 Å². The minimum Gasteiger partial charge on any atom is -0.493 e. The fourth-order valence-electron chi connectivity index (χ4n) is 2.49. The highest BCUT2D eigenvalue weighted by Gasteiger charge is 2.07. The summed E-state index contributed by atoms with van der Waals surface area (Å²) in [5.41, 5.74) is 2.08. The lowest BCUT2D eigenvalue weighted by Gasteiger charge is -2.14. The van der Waals surface area contributed by atoms with Crippen LogP contribution in [0.3, 0.4) is 0 Å². The van der Waals surface area contributed by atoms with Crippen LogP contribution < -0.4 is 19.5 Å². The number of hydrogen-bond acceptors (Lipinski definition) is 5. The van der Waals surface area contributed by atoms with Gasteiger partial charge in [-0.15, -0.1) is 0 Å². The molecule has 0 aliphatic carbocycles. The molecule has 0 radical (unpaired) electrons. The average molecular weight is 368 g/mol. The molecule has 0 atom stereocenters. The number of amides is 1. The average Bonchev–Trinajstić information content (AvgIpc) is 2.67. The van der Waals surface area contributed by atoms with E-state index in [1.165, 1.54) is 0 Å². The highest BCUT2D eigenvalue weighted by molar-refractivity contribution is 5.77. The van der Waals surface area contributed by atoms with Crippen LogP contribution >= 0.6 is 0 Å². The second kappa shape index (κ2) is 10.7. The smallest absolute Gasteiger partial charge is 0.234 e. The van der Waals surface area contributed by atoms with Crippen molar-refractivity contribution in [3.63, 3.8) is 0 Å². The third kappa shape index (κ3) is 6.55. The number of aryl methyl sites for hydroxylation is 1. The number of benzene rings is 2. The fourth-order valence-corrected chi connectivity index (χ4v) is 2.49. The first-order valence-corrected chi connectivity index (χ1v) is 8.76. The molecule has 2 aromatic carbocycles. The summed E-state index contributed by atoms with van der Waals surface area (Å²) >= 11 is 0. The molecule has 27 heavy (non-hydrogen) atoms. The molecule has 6 nitrogen and oxygen atoms in total. The number of carbonyl (C=O) groups is 1. The zero-order chi connectivity index (χ0) is 19.5. The van der Waals surface area contributed by atoms with E-state index in [1.807, 2.05) is 55.5 Å². The van der Waals surface area contributed by atoms with Crippen molar-refractivity contribution in [1.82, 2.24) is 5.32 Å². The Balaban J connectivity index is 1.86. The summed E-state index contributed by atoms with van der Waals surface area (Å²) in [5.74, 6) is 1.85. The van der Waals surface area contributed by atoms with Crippen LogP contribution in [0.15, 0.2) is 42.5 Å². The van der Waals surface area contributed by atoms with Gasteiger partial charge in [-0.2, -0.15) is 5.26 Å². The van der Waals surface area contributed by atoms with Gasteiger partial charge in [0.05, 0.1) is 13.2 Å². The number of rotatable bonds is 10. The van der Waals surface area contributed by atoms with Gasteiger partial charge in [0, 0.05) is 6.54 Å². The Bertz CT molecular complexity index is 799. The summed E-state index contributed by atoms with van der Waals surface area (Å²) < 4.78 is 16.9. The van der Waals surface area contributed by atoms with Crippen LogP contribution in [0.5, 0.6) is 17.2 Å². The van der Waals surface area contributed by atoms with Crippen molar-refractivity contribution in [1.29, 1.82) is 5.26 Å². The molecule has 0 aliphatic rings. The van der Waals surface area contributed by atoms with Gasteiger partial charge in [0.15, 0.2) is 11.5 Å². The van der Waals surface area contributed by atoms with E-state index in [2.05, 4.69) is 5.32 Å². The molecule has 142 valence electrons. The molecule has 0 aliphatic heterocycles. The van der Waals surface area contributed by atoms with E-state index in [9.17, 15) is 4.79 Å². The van der Waals surface area contributed by atoms with Crippen LogP contribution in [0.1, 0.15) is 17.5 Å². The Labute approximate surface area is 159 Å². The molecule has 1 N–H and O–H groups in total. The number of ether oxygens (including phenoxy) is 3. The van der Waals surface area contributed by atoms with Crippen LogP contribution in [0.4, 0.5) is 0 Å². The Morgan fingerprint density at radius 1 is 1.07 bits per heavy atom. The molecule has 2 rings (SSSR count). The van der Waals surface area contributed by atoms with Crippen molar-refractivity contribution >= 4 is 5.91 Å². The lowest BCUT2D eigenvalue weighted by molar-refractivity contribution is -0.120. The van der Waals surface area contributed by atoms with Crippen LogP contribution in [0.25, 0.3) is 0 Å². The molecule has 0 fully saturated rings. The zero-order valence-corrected chi connectivity index (χ0v) is 15.7. The van der Waals surface area contributed by atoms with Gasteiger partial charge in [0.1, 0.15) is 25.4 Å². The predicted octanol–water partition coefficient (Wildman–Crippen LogP) is 3.03. The number of methoxy groups -OCH3 is 1. The molecule has 0 aromatic heterocycles. The molecule has 0 unspecified atom stereocenters. The van der Waals surface area contributed by atoms with Crippen molar-refractivity contribution in [3.05, 3.63) is 53.6 Å². The van der Waals surface area contributed by atoms with Gasteiger partial charge in [0.2, 0.25) is 5.91 Å². The topological polar surface area (TPSA) is 80.6 Å². The van der Waals surface area contributed by atoms with Gasteiger partial charge in [-0.3, -0.25) is 4.79 Å². The van der Waals surface area contributed by atoms with E-state index in [0.29, 0.717) is 37.7 Å². The Kier molecular flexibility index (Phi) is 7.98. The number of nitrogens with one attached hydrogen (secondary N) is 1. The largest absolute Gasteiger partial charge is 0.493 e. The lowest BCUT2D eigenvalue weighted by Crippen LogP contribution is -2.24. The maximum absolute atomic E-state index is 11.3. The van der Waals surface area contributed by atoms with E-state index < -0.39 is 0 Å². The zero-order valence-electron chi connectivity index (χ0n) is 15.7. The number of para-hydroxylation sites is 1. The highest BCUT2D eigenvalue weighted by Crippen LogP contribution is 2.28. The molecule has 1 amide bonds. The summed E-state index contributed by atoms with van der Waals surface area (Å²) in [7, 11) is 1.59. The van der Waals surface area contributed by atoms with Crippen LogP contribution in [0, 0.1) is 18.3 Å².